The fraction of sp³-hybridized carbons (Fsp3) is 0.0588. The van der Waals surface area contributed by atoms with E-state index in [0.717, 1.165) is 11.1 Å². The summed E-state index contributed by atoms with van der Waals surface area (Å²) in [7, 11) is 3.09. The van der Waals surface area contributed by atoms with Gasteiger partial charge in [-0.05, 0) is 60.7 Å². The van der Waals surface area contributed by atoms with Crippen LogP contribution in [0.1, 0.15) is 11.1 Å². The second kappa shape index (κ2) is 13.7. The molecule has 1 aromatic heterocycles. The van der Waals surface area contributed by atoms with E-state index in [0.29, 0.717) is 45.6 Å². The molecule has 2 amide bonds. The quantitative estimate of drug-likeness (QED) is 0.131. The van der Waals surface area contributed by atoms with Crippen LogP contribution in [0.5, 0.6) is 23.0 Å². The lowest BCUT2D eigenvalue weighted by atomic mass is 10.1. The van der Waals surface area contributed by atoms with E-state index in [-0.39, 0.29) is 11.7 Å². The highest BCUT2D eigenvalue weighted by molar-refractivity contribution is 6.05. The Morgan fingerprint density at radius 1 is 0.644 bits per heavy atom. The zero-order valence-electron chi connectivity index (χ0n) is 24.3. The number of amidine groups is 2. The molecule has 0 spiro atoms. The van der Waals surface area contributed by atoms with E-state index in [1.165, 1.54) is 0 Å². The number of rotatable bonds is 8. The number of benzene rings is 4. The number of amides is 2. The summed E-state index contributed by atoms with van der Waals surface area (Å²) in [5.74, 6) is 3.03. The number of nitrogens with two attached hydrogens (primary N) is 1. The Bertz CT molecular complexity index is 1830. The van der Waals surface area contributed by atoms with Crippen LogP contribution in [-0.4, -0.2) is 38.1 Å². The predicted octanol–water partition coefficient (Wildman–Crippen LogP) is 6.65. The van der Waals surface area contributed by atoms with Crippen molar-refractivity contribution in [1.82, 2.24) is 5.32 Å². The Balaban J connectivity index is 1.17. The van der Waals surface area contributed by atoms with Gasteiger partial charge in [0.15, 0.2) is 0 Å². The van der Waals surface area contributed by atoms with Crippen molar-refractivity contribution in [3.63, 3.8) is 0 Å². The zero-order valence-corrected chi connectivity index (χ0v) is 24.3. The average Bonchev–Trinajstić information content (AvgIpc) is 3.56. The van der Waals surface area contributed by atoms with E-state index in [2.05, 4.69) is 10.3 Å². The van der Waals surface area contributed by atoms with E-state index in [1.807, 2.05) is 12.1 Å². The number of hydrogen-bond donors (Lipinski definition) is 3. The van der Waals surface area contributed by atoms with Crippen LogP contribution in [0.3, 0.4) is 0 Å². The number of nitrogens with one attached hydrogen (secondary N) is 2. The first-order valence-electron chi connectivity index (χ1n) is 13.5. The summed E-state index contributed by atoms with van der Waals surface area (Å²) < 4.78 is 26.6. The smallest absolute Gasteiger partial charge is 0.441 e. The number of aliphatic imine (C=N–C) groups is 1. The highest BCUT2D eigenvalue weighted by Gasteiger charge is 2.12. The molecule has 0 saturated carbocycles. The Morgan fingerprint density at radius 3 is 1.58 bits per heavy atom. The van der Waals surface area contributed by atoms with Crippen molar-refractivity contribution in [2.75, 3.05) is 14.2 Å². The molecule has 4 aromatic carbocycles. The molecule has 0 aliphatic rings. The second-order valence-corrected chi connectivity index (χ2v) is 9.42. The molecule has 11 nitrogen and oxygen atoms in total. The summed E-state index contributed by atoms with van der Waals surface area (Å²) in [6.45, 7) is 0. The maximum Gasteiger partial charge on any atom is 0.441 e. The lowest BCUT2D eigenvalue weighted by Crippen LogP contribution is -2.32. The summed E-state index contributed by atoms with van der Waals surface area (Å²) >= 11 is 0. The summed E-state index contributed by atoms with van der Waals surface area (Å²) in [6.07, 6.45) is -1.62. The van der Waals surface area contributed by atoms with Gasteiger partial charge < -0.3 is 29.1 Å². The molecule has 0 aliphatic carbocycles. The molecule has 1 heterocycles. The minimum atomic E-state index is -0.845. The van der Waals surface area contributed by atoms with Crippen LogP contribution in [0.4, 0.5) is 9.59 Å². The van der Waals surface area contributed by atoms with Crippen molar-refractivity contribution in [2.45, 2.75) is 0 Å². The molecule has 226 valence electrons. The Labute approximate surface area is 258 Å². The van der Waals surface area contributed by atoms with Gasteiger partial charge in [-0.25, -0.2) is 9.59 Å². The number of nitrogens with zero attached hydrogens (tertiary/aromatic N) is 1. The molecular formula is C34H28N4O7. The molecule has 0 radical (unpaired) electrons. The monoisotopic (exact) mass is 604 g/mol. The van der Waals surface area contributed by atoms with Crippen molar-refractivity contribution in [2.24, 2.45) is 10.7 Å². The first-order chi connectivity index (χ1) is 21.8. The molecule has 5 rings (SSSR count). The first-order valence-corrected chi connectivity index (χ1v) is 13.5. The number of carbonyl (C=O) groups is 2. The number of carbonyl (C=O) groups excluding carboxylic acids is 2. The van der Waals surface area contributed by atoms with Gasteiger partial charge >= 0.3 is 12.2 Å². The van der Waals surface area contributed by atoms with Crippen molar-refractivity contribution >= 4 is 23.9 Å². The normalized spacial score (nSPS) is 10.9. The number of methoxy groups -OCH3 is 2. The topological polar surface area (TPSA) is 158 Å². The van der Waals surface area contributed by atoms with Gasteiger partial charge in [0.25, 0.3) is 0 Å². The zero-order chi connectivity index (χ0) is 31.8. The van der Waals surface area contributed by atoms with Gasteiger partial charge in [-0.3, -0.25) is 10.7 Å². The van der Waals surface area contributed by atoms with Gasteiger partial charge in [-0.1, -0.05) is 48.5 Å². The average molecular weight is 605 g/mol. The van der Waals surface area contributed by atoms with Crippen molar-refractivity contribution < 1.29 is 33.0 Å². The van der Waals surface area contributed by atoms with Crippen LogP contribution in [0, 0.1) is 5.41 Å². The third kappa shape index (κ3) is 7.73. The predicted molar refractivity (Wildman–Crippen MR) is 168 cm³/mol. The molecule has 5 aromatic rings. The van der Waals surface area contributed by atoms with E-state index < -0.39 is 12.2 Å². The van der Waals surface area contributed by atoms with Crippen molar-refractivity contribution in [3.8, 4) is 45.6 Å². The Hall–Kier alpha value is -6.36. The maximum atomic E-state index is 12.2. The molecule has 11 heteroatoms. The van der Waals surface area contributed by atoms with Gasteiger partial charge in [0.05, 0.1) is 14.2 Å². The highest BCUT2D eigenvalue weighted by atomic mass is 16.6. The van der Waals surface area contributed by atoms with Crippen LogP contribution < -0.4 is 30.0 Å². The van der Waals surface area contributed by atoms with Crippen molar-refractivity contribution in [1.29, 1.82) is 5.41 Å². The SMILES string of the molecule is COc1ccc(OC(=O)N=C(N)c2ccc(-c3ccc(-c4ccc(C(=N)NC(=O)Oc5ccc(OC)cc5)cc4)o3)cc2)cc1. The van der Waals surface area contributed by atoms with Gasteiger partial charge in [-0.15, -0.1) is 0 Å². The molecular weight excluding hydrogens is 576 g/mol. The van der Waals surface area contributed by atoms with Gasteiger partial charge in [0.2, 0.25) is 0 Å². The Kier molecular flexibility index (Phi) is 9.19. The first kappa shape index (κ1) is 30.1. The second-order valence-electron chi connectivity index (χ2n) is 9.42. The van der Waals surface area contributed by atoms with E-state index in [4.69, 9.17) is 34.5 Å². The molecule has 0 unspecified atom stereocenters. The summed E-state index contributed by atoms with van der Waals surface area (Å²) in [6, 6.07) is 30.7. The van der Waals surface area contributed by atoms with E-state index in [1.54, 1.807) is 111 Å². The Morgan fingerprint density at radius 2 is 1.09 bits per heavy atom. The van der Waals surface area contributed by atoms with Gasteiger partial charge in [0.1, 0.15) is 46.2 Å². The van der Waals surface area contributed by atoms with Gasteiger partial charge in [0, 0.05) is 22.3 Å². The van der Waals surface area contributed by atoms with Crippen LogP contribution in [-0.2, 0) is 0 Å². The van der Waals surface area contributed by atoms with Crippen LogP contribution in [0.15, 0.2) is 119 Å². The number of hydrogen-bond acceptors (Lipinski definition) is 8. The van der Waals surface area contributed by atoms with Crippen LogP contribution in [0.25, 0.3) is 22.6 Å². The molecule has 4 N–H and O–H groups in total. The molecule has 0 aliphatic heterocycles. The fourth-order valence-electron chi connectivity index (χ4n) is 4.14. The molecule has 0 atom stereocenters. The van der Waals surface area contributed by atoms with E-state index in [9.17, 15) is 9.59 Å². The van der Waals surface area contributed by atoms with Gasteiger partial charge in [-0.2, -0.15) is 4.99 Å². The molecule has 0 bridgehead atoms. The van der Waals surface area contributed by atoms with E-state index >= 15 is 0 Å². The lowest BCUT2D eigenvalue weighted by molar-refractivity contribution is 0.205. The summed E-state index contributed by atoms with van der Waals surface area (Å²) in [4.78, 5) is 28.2. The molecule has 45 heavy (non-hydrogen) atoms. The minimum absolute atomic E-state index is 0.00865. The lowest BCUT2D eigenvalue weighted by Gasteiger charge is -2.09. The third-order valence-electron chi connectivity index (χ3n) is 6.50. The summed E-state index contributed by atoms with van der Waals surface area (Å²) in [5, 5.41) is 10.6. The summed E-state index contributed by atoms with van der Waals surface area (Å²) in [5.41, 5.74) is 8.62. The van der Waals surface area contributed by atoms with Crippen molar-refractivity contribution in [3.05, 3.63) is 120 Å². The highest BCUT2D eigenvalue weighted by Crippen LogP contribution is 2.29. The molecule has 0 saturated heterocycles. The fourth-order valence-corrected chi connectivity index (χ4v) is 4.14. The standard InChI is InChI=1S/C34H28N4O7/c1-41-25-11-15-27(16-12-25)43-33(39)37-31(35)23-7-3-21(4-8-23)29-19-20-30(45-29)22-5-9-24(10-6-22)32(36)38-34(40)44-28-17-13-26(42-2)14-18-28/h3-20H,1-2H3,(H2,35,37,39)(H2,36,38,40). The maximum absolute atomic E-state index is 12.2. The number of ether oxygens (including phenoxy) is 4. The third-order valence-corrected chi connectivity index (χ3v) is 6.50. The molecule has 0 fully saturated rings. The number of furan rings is 1. The van der Waals surface area contributed by atoms with Crippen LogP contribution >= 0.6 is 0 Å². The minimum Gasteiger partial charge on any atom is -0.497 e. The van der Waals surface area contributed by atoms with Crippen LogP contribution in [0.2, 0.25) is 0 Å². The largest absolute Gasteiger partial charge is 0.497 e.